The quantitative estimate of drug-likeness (QED) is 0.730. The molecular formula is C12H22Cl2N2O. The molecule has 2 saturated heterocycles. The minimum absolute atomic E-state index is 0. The van der Waals surface area contributed by atoms with Gasteiger partial charge in [-0.1, -0.05) is 11.8 Å². The minimum atomic E-state index is 0. The van der Waals surface area contributed by atoms with Gasteiger partial charge < -0.3 is 10.1 Å². The molecule has 2 heterocycles. The Labute approximate surface area is 116 Å². The third kappa shape index (κ3) is 6.49. The van der Waals surface area contributed by atoms with Crippen molar-refractivity contribution < 1.29 is 4.74 Å². The van der Waals surface area contributed by atoms with Crippen LogP contribution in [0.1, 0.15) is 12.8 Å². The molecule has 0 radical (unpaired) electrons. The molecule has 2 aliphatic rings. The molecule has 17 heavy (non-hydrogen) atoms. The highest BCUT2D eigenvalue weighted by Gasteiger charge is 2.10. The molecule has 0 bridgehead atoms. The number of piperidine rings is 1. The molecule has 0 saturated carbocycles. The van der Waals surface area contributed by atoms with E-state index in [1.54, 1.807) is 0 Å². The second-order valence-corrected chi connectivity index (χ2v) is 4.23. The largest absolute Gasteiger partial charge is 0.379 e. The lowest BCUT2D eigenvalue weighted by molar-refractivity contribution is 0.0443. The summed E-state index contributed by atoms with van der Waals surface area (Å²) in [7, 11) is 0. The van der Waals surface area contributed by atoms with E-state index in [0.717, 1.165) is 45.9 Å². The Morgan fingerprint density at radius 1 is 1.12 bits per heavy atom. The molecule has 0 aromatic heterocycles. The van der Waals surface area contributed by atoms with Gasteiger partial charge in [0, 0.05) is 19.0 Å². The molecule has 0 unspecified atom stereocenters. The van der Waals surface area contributed by atoms with Crippen LogP contribution in [-0.4, -0.2) is 50.8 Å². The molecule has 2 rings (SSSR count). The number of nitrogens with one attached hydrogen (secondary N) is 1. The second-order valence-electron chi connectivity index (χ2n) is 4.23. The normalized spacial score (nSPS) is 21.6. The maximum atomic E-state index is 5.30. The standard InChI is InChI=1S/C12H20N2O.2ClH/c1(2-12-3-5-13-6-4-12)7-14-8-10-15-11-9-14;;/h12-13H,3-11H2;2*1H. The summed E-state index contributed by atoms with van der Waals surface area (Å²) in [6, 6.07) is 0. The van der Waals surface area contributed by atoms with Crippen LogP contribution in [0, 0.1) is 17.8 Å². The van der Waals surface area contributed by atoms with E-state index < -0.39 is 0 Å². The highest BCUT2D eigenvalue weighted by molar-refractivity contribution is 5.85. The lowest BCUT2D eigenvalue weighted by atomic mass is 9.99. The first-order chi connectivity index (χ1) is 7.45. The average Bonchev–Trinajstić information content (AvgIpc) is 2.32. The van der Waals surface area contributed by atoms with Crippen molar-refractivity contribution in [3.05, 3.63) is 0 Å². The molecule has 2 fully saturated rings. The van der Waals surface area contributed by atoms with Crippen LogP contribution in [0.2, 0.25) is 0 Å². The van der Waals surface area contributed by atoms with Gasteiger partial charge in [-0.15, -0.1) is 24.8 Å². The smallest absolute Gasteiger partial charge is 0.0603 e. The van der Waals surface area contributed by atoms with E-state index in [0.29, 0.717) is 5.92 Å². The topological polar surface area (TPSA) is 24.5 Å². The zero-order valence-electron chi connectivity index (χ0n) is 10.1. The number of rotatable bonds is 1. The summed E-state index contributed by atoms with van der Waals surface area (Å²) in [6.07, 6.45) is 2.44. The van der Waals surface area contributed by atoms with E-state index in [4.69, 9.17) is 4.74 Å². The lowest BCUT2D eigenvalue weighted by Gasteiger charge is -2.24. The number of hydrogen-bond acceptors (Lipinski definition) is 3. The van der Waals surface area contributed by atoms with Gasteiger partial charge in [-0.25, -0.2) is 0 Å². The lowest BCUT2D eigenvalue weighted by Crippen LogP contribution is -2.36. The van der Waals surface area contributed by atoms with E-state index in [2.05, 4.69) is 22.1 Å². The SMILES string of the molecule is C(#CC1CCNCC1)CN1CCOCC1.Cl.Cl. The fourth-order valence-electron chi connectivity index (χ4n) is 2.03. The zero-order chi connectivity index (χ0) is 10.3. The fraction of sp³-hybridized carbons (Fsp3) is 0.833. The van der Waals surface area contributed by atoms with Gasteiger partial charge >= 0.3 is 0 Å². The summed E-state index contributed by atoms with van der Waals surface area (Å²) in [5.41, 5.74) is 0. The van der Waals surface area contributed by atoms with Gasteiger partial charge in [0.1, 0.15) is 0 Å². The van der Waals surface area contributed by atoms with Crippen LogP contribution in [0.5, 0.6) is 0 Å². The summed E-state index contributed by atoms with van der Waals surface area (Å²) < 4.78 is 5.30. The third-order valence-corrected chi connectivity index (χ3v) is 3.05. The highest BCUT2D eigenvalue weighted by atomic mass is 35.5. The van der Waals surface area contributed by atoms with Gasteiger partial charge in [-0.05, 0) is 25.9 Å². The van der Waals surface area contributed by atoms with Crippen molar-refractivity contribution in [2.75, 3.05) is 45.9 Å². The molecule has 3 nitrogen and oxygen atoms in total. The molecule has 2 aliphatic heterocycles. The van der Waals surface area contributed by atoms with Crippen molar-refractivity contribution in [2.24, 2.45) is 5.92 Å². The van der Waals surface area contributed by atoms with E-state index in [9.17, 15) is 0 Å². The molecule has 0 aliphatic carbocycles. The van der Waals surface area contributed by atoms with Gasteiger partial charge in [0.15, 0.2) is 0 Å². The average molecular weight is 281 g/mol. The zero-order valence-corrected chi connectivity index (χ0v) is 11.7. The first kappa shape index (κ1) is 17.0. The molecule has 0 aromatic carbocycles. The molecule has 0 aromatic rings. The van der Waals surface area contributed by atoms with Gasteiger partial charge in [-0.2, -0.15) is 0 Å². The number of morpholine rings is 1. The van der Waals surface area contributed by atoms with Crippen LogP contribution in [0.3, 0.4) is 0 Å². The molecule has 1 N–H and O–H groups in total. The Kier molecular flexibility index (Phi) is 10.0. The predicted octanol–water partition coefficient (Wildman–Crippen LogP) is 1.17. The van der Waals surface area contributed by atoms with E-state index >= 15 is 0 Å². The predicted molar refractivity (Wildman–Crippen MR) is 75.1 cm³/mol. The van der Waals surface area contributed by atoms with Crippen LogP contribution in [0.4, 0.5) is 0 Å². The van der Waals surface area contributed by atoms with Crippen LogP contribution < -0.4 is 5.32 Å². The number of hydrogen-bond donors (Lipinski definition) is 1. The van der Waals surface area contributed by atoms with Crippen molar-refractivity contribution >= 4 is 24.8 Å². The van der Waals surface area contributed by atoms with E-state index in [1.165, 1.54) is 12.8 Å². The van der Waals surface area contributed by atoms with Gasteiger partial charge in [-0.3, -0.25) is 4.90 Å². The monoisotopic (exact) mass is 280 g/mol. The molecule has 0 atom stereocenters. The van der Waals surface area contributed by atoms with Crippen molar-refractivity contribution in [1.82, 2.24) is 10.2 Å². The van der Waals surface area contributed by atoms with E-state index in [1.807, 2.05) is 0 Å². The summed E-state index contributed by atoms with van der Waals surface area (Å²) in [6.45, 7) is 7.02. The maximum absolute atomic E-state index is 5.30. The summed E-state index contributed by atoms with van der Waals surface area (Å²) >= 11 is 0. The number of nitrogens with zero attached hydrogens (tertiary/aromatic N) is 1. The molecule has 5 heteroatoms. The molecule has 100 valence electrons. The second kappa shape index (κ2) is 9.99. The summed E-state index contributed by atoms with van der Waals surface area (Å²) in [5.74, 6) is 7.35. The maximum Gasteiger partial charge on any atom is 0.0603 e. The first-order valence-electron chi connectivity index (χ1n) is 5.94. The van der Waals surface area contributed by atoms with Crippen LogP contribution >= 0.6 is 24.8 Å². The van der Waals surface area contributed by atoms with Crippen LogP contribution in [-0.2, 0) is 4.74 Å². The van der Waals surface area contributed by atoms with Crippen LogP contribution in [0.15, 0.2) is 0 Å². The minimum Gasteiger partial charge on any atom is -0.379 e. The van der Waals surface area contributed by atoms with Crippen LogP contribution in [0.25, 0.3) is 0 Å². The van der Waals surface area contributed by atoms with Crippen molar-refractivity contribution in [3.63, 3.8) is 0 Å². The number of halogens is 2. The first-order valence-corrected chi connectivity index (χ1v) is 5.94. The Morgan fingerprint density at radius 2 is 1.76 bits per heavy atom. The summed E-state index contributed by atoms with van der Waals surface area (Å²) in [4.78, 5) is 2.37. The molecule has 0 spiro atoms. The van der Waals surface area contributed by atoms with Gasteiger partial charge in [0.25, 0.3) is 0 Å². The molecular weight excluding hydrogens is 259 g/mol. The Balaban J connectivity index is 0.00000128. The van der Waals surface area contributed by atoms with Gasteiger partial charge in [0.05, 0.1) is 19.8 Å². The Morgan fingerprint density at radius 3 is 2.41 bits per heavy atom. The molecule has 0 amide bonds. The van der Waals surface area contributed by atoms with Crippen molar-refractivity contribution in [1.29, 1.82) is 0 Å². The highest BCUT2D eigenvalue weighted by Crippen LogP contribution is 2.09. The fourth-order valence-corrected chi connectivity index (χ4v) is 2.03. The Bertz CT molecular complexity index is 241. The van der Waals surface area contributed by atoms with Gasteiger partial charge in [0.2, 0.25) is 0 Å². The Hall–Kier alpha value is 0.0200. The van der Waals surface area contributed by atoms with E-state index in [-0.39, 0.29) is 24.8 Å². The summed E-state index contributed by atoms with van der Waals surface area (Å²) in [5, 5.41) is 3.36. The van der Waals surface area contributed by atoms with Crippen molar-refractivity contribution in [3.8, 4) is 11.8 Å². The third-order valence-electron chi connectivity index (χ3n) is 3.05. The number of ether oxygens (including phenoxy) is 1. The van der Waals surface area contributed by atoms with Crippen molar-refractivity contribution in [2.45, 2.75) is 12.8 Å².